The molecule has 0 bridgehead atoms. The minimum atomic E-state index is -4.37. The molecule has 2 amide bonds. The second-order valence-electron chi connectivity index (χ2n) is 5.19. The molecule has 1 rings (SSSR count). The number of hydrogen-bond acceptors (Lipinski definition) is 2. The first-order chi connectivity index (χ1) is 10.7. The maximum atomic E-state index is 12.4. The molecule has 0 aliphatic heterocycles. The predicted octanol–water partition coefficient (Wildman–Crippen LogP) is 2.61. The number of rotatable bonds is 6. The van der Waals surface area contributed by atoms with Crippen LogP contribution in [-0.4, -0.2) is 24.9 Å². The molecule has 1 aromatic carbocycles. The molecule has 0 saturated heterocycles. The van der Waals surface area contributed by atoms with Crippen LogP contribution in [0.4, 0.5) is 13.2 Å². The van der Waals surface area contributed by atoms with Crippen LogP contribution in [0.1, 0.15) is 25.0 Å². The van der Waals surface area contributed by atoms with E-state index in [0.717, 1.165) is 12.1 Å². The molecule has 0 aliphatic rings. The fourth-order valence-electron chi connectivity index (χ4n) is 1.59. The average molecular weight is 328 g/mol. The van der Waals surface area contributed by atoms with Crippen molar-refractivity contribution in [2.45, 2.75) is 20.0 Å². The molecule has 23 heavy (non-hydrogen) atoms. The van der Waals surface area contributed by atoms with Gasteiger partial charge in [-0.25, -0.2) is 0 Å². The van der Waals surface area contributed by atoms with Gasteiger partial charge in [0.25, 0.3) is 0 Å². The molecule has 0 aliphatic carbocycles. The van der Waals surface area contributed by atoms with Crippen molar-refractivity contribution in [3.8, 4) is 0 Å². The highest BCUT2D eigenvalue weighted by molar-refractivity contribution is 5.91. The zero-order valence-corrected chi connectivity index (χ0v) is 12.9. The third kappa shape index (κ3) is 6.99. The van der Waals surface area contributed by atoms with Gasteiger partial charge in [-0.1, -0.05) is 26.0 Å². The van der Waals surface area contributed by atoms with Crippen LogP contribution in [0.15, 0.2) is 30.3 Å². The zero-order valence-electron chi connectivity index (χ0n) is 12.9. The molecular formula is C16H19F3N2O2. The highest BCUT2D eigenvalue weighted by atomic mass is 19.4. The number of carbonyl (C=O) groups is 2. The van der Waals surface area contributed by atoms with E-state index >= 15 is 0 Å². The standard InChI is InChI=1S/C16H19F3N2O2/c1-11(2)15(23)21-10-9-20-14(22)8-5-12-3-6-13(7-4-12)16(17,18)19/h3-8,11H,9-10H2,1-2H3,(H,20,22)(H,21,23). The molecule has 1 aromatic rings. The maximum absolute atomic E-state index is 12.4. The lowest BCUT2D eigenvalue weighted by molar-refractivity contribution is -0.137. The Hall–Kier alpha value is -2.31. The normalized spacial score (nSPS) is 11.7. The molecule has 0 saturated carbocycles. The quantitative estimate of drug-likeness (QED) is 0.623. The van der Waals surface area contributed by atoms with Gasteiger partial charge in [0, 0.05) is 25.1 Å². The van der Waals surface area contributed by atoms with Crippen molar-refractivity contribution in [2.24, 2.45) is 5.92 Å². The summed E-state index contributed by atoms with van der Waals surface area (Å²) in [7, 11) is 0. The SMILES string of the molecule is CC(C)C(=O)NCCNC(=O)C=Cc1ccc(C(F)(F)F)cc1. The third-order valence-corrected chi connectivity index (χ3v) is 2.91. The Balaban J connectivity index is 2.39. The number of amides is 2. The van der Waals surface area contributed by atoms with E-state index in [1.807, 2.05) is 0 Å². The van der Waals surface area contributed by atoms with E-state index < -0.39 is 11.7 Å². The van der Waals surface area contributed by atoms with Crippen LogP contribution < -0.4 is 10.6 Å². The van der Waals surface area contributed by atoms with E-state index in [1.54, 1.807) is 13.8 Å². The topological polar surface area (TPSA) is 58.2 Å². The fourth-order valence-corrected chi connectivity index (χ4v) is 1.59. The van der Waals surface area contributed by atoms with Crippen LogP contribution in [0, 0.1) is 5.92 Å². The minimum absolute atomic E-state index is 0.0976. The van der Waals surface area contributed by atoms with Crippen molar-refractivity contribution in [3.63, 3.8) is 0 Å². The first-order valence-corrected chi connectivity index (χ1v) is 7.11. The van der Waals surface area contributed by atoms with Crippen molar-refractivity contribution in [1.29, 1.82) is 0 Å². The Bertz CT molecular complexity index is 564. The van der Waals surface area contributed by atoms with Crippen LogP contribution in [0.25, 0.3) is 6.08 Å². The first-order valence-electron chi connectivity index (χ1n) is 7.11. The van der Waals surface area contributed by atoms with Gasteiger partial charge in [-0.2, -0.15) is 13.2 Å². The van der Waals surface area contributed by atoms with Crippen molar-refractivity contribution < 1.29 is 22.8 Å². The maximum Gasteiger partial charge on any atom is 0.416 e. The summed E-state index contributed by atoms with van der Waals surface area (Å²) in [5.41, 5.74) is -0.249. The van der Waals surface area contributed by atoms with Gasteiger partial charge < -0.3 is 10.6 Å². The highest BCUT2D eigenvalue weighted by Gasteiger charge is 2.29. The molecule has 126 valence electrons. The molecular weight excluding hydrogens is 309 g/mol. The number of halogens is 3. The summed E-state index contributed by atoms with van der Waals surface area (Å²) >= 11 is 0. The van der Waals surface area contributed by atoms with Gasteiger partial charge in [0.05, 0.1) is 5.56 Å². The largest absolute Gasteiger partial charge is 0.416 e. The van der Waals surface area contributed by atoms with Crippen LogP contribution in [-0.2, 0) is 15.8 Å². The van der Waals surface area contributed by atoms with Gasteiger partial charge in [-0.05, 0) is 23.8 Å². The molecule has 0 heterocycles. The van der Waals surface area contributed by atoms with E-state index in [-0.39, 0.29) is 24.3 Å². The van der Waals surface area contributed by atoms with Crippen molar-refractivity contribution in [1.82, 2.24) is 10.6 Å². The lowest BCUT2D eigenvalue weighted by Crippen LogP contribution is -2.35. The number of benzene rings is 1. The lowest BCUT2D eigenvalue weighted by Gasteiger charge is -2.07. The molecule has 4 nitrogen and oxygen atoms in total. The van der Waals surface area contributed by atoms with Gasteiger partial charge >= 0.3 is 6.18 Å². The van der Waals surface area contributed by atoms with Crippen LogP contribution in [0.3, 0.4) is 0 Å². The van der Waals surface area contributed by atoms with Crippen molar-refractivity contribution in [3.05, 3.63) is 41.5 Å². The molecule has 7 heteroatoms. The Kier molecular flexibility index (Phi) is 6.81. The molecule has 0 atom stereocenters. The second kappa shape index (κ2) is 8.36. The molecule has 0 unspecified atom stereocenters. The lowest BCUT2D eigenvalue weighted by atomic mass is 10.1. The smallest absolute Gasteiger partial charge is 0.354 e. The van der Waals surface area contributed by atoms with Gasteiger partial charge in [0.1, 0.15) is 0 Å². The first kappa shape index (κ1) is 18.7. The Morgan fingerprint density at radius 3 is 2.17 bits per heavy atom. The van der Waals surface area contributed by atoms with Crippen LogP contribution in [0.5, 0.6) is 0 Å². The summed E-state index contributed by atoms with van der Waals surface area (Å²) in [6.45, 7) is 4.12. The Labute approximate surface area is 132 Å². The molecule has 0 radical (unpaired) electrons. The molecule has 0 aromatic heterocycles. The van der Waals surface area contributed by atoms with Gasteiger partial charge in [-0.15, -0.1) is 0 Å². The monoisotopic (exact) mass is 328 g/mol. The summed E-state index contributed by atoms with van der Waals surface area (Å²) in [5.74, 6) is -0.603. The number of carbonyl (C=O) groups excluding carboxylic acids is 2. The molecule has 2 N–H and O–H groups in total. The number of nitrogens with one attached hydrogen (secondary N) is 2. The second-order valence-corrected chi connectivity index (χ2v) is 5.19. The van der Waals surface area contributed by atoms with Gasteiger partial charge in [-0.3, -0.25) is 9.59 Å². The van der Waals surface area contributed by atoms with Crippen LogP contribution in [0.2, 0.25) is 0 Å². The van der Waals surface area contributed by atoms with E-state index in [2.05, 4.69) is 10.6 Å². The summed E-state index contributed by atoms with van der Waals surface area (Å²) < 4.78 is 37.2. The van der Waals surface area contributed by atoms with Crippen molar-refractivity contribution in [2.75, 3.05) is 13.1 Å². The minimum Gasteiger partial charge on any atom is -0.354 e. The van der Waals surface area contributed by atoms with E-state index in [1.165, 1.54) is 24.3 Å². The fraction of sp³-hybridized carbons (Fsp3) is 0.375. The number of hydrogen-bond donors (Lipinski definition) is 2. The third-order valence-electron chi connectivity index (χ3n) is 2.91. The summed E-state index contributed by atoms with van der Waals surface area (Å²) in [5, 5.41) is 5.21. The van der Waals surface area contributed by atoms with Crippen molar-refractivity contribution >= 4 is 17.9 Å². The summed E-state index contributed by atoms with van der Waals surface area (Å²) in [4.78, 5) is 22.8. The Morgan fingerprint density at radius 1 is 1.09 bits per heavy atom. The summed E-state index contributed by atoms with van der Waals surface area (Å²) in [6, 6.07) is 4.49. The van der Waals surface area contributed by atoms with E-state index in [0.29, 0.717) is 12.1 Å². The van der Waals surface area contributed by atoms with Gasteiger partial charge in [0.15, 0.2) is 0 Å². The molecule has 0 spiro atoms. The van der Waals surface area contributed by atoms with E-state index in [4.69, 9.17) is 0 Å². The number of alkyl halides is 3. The van der Waals surface area contributed by atoms with Crippen LogP contribution >= 0.6 is 0 Å². The van der Waals surface area contributed by atoms with E-state index in [9.17, 15) is 22.8 Å². The summed E-state index contributed by atoms with van der Waals surface area (Å²) in [6.07, 6.45) is -1.73. The highest BCUT2D eigenvalue weighted by Crippen LogP contribution is 2.29. The molecule has 0 fully saturated rings. The Morgan fingerprint density at radius 2 is 1.65 bits per heavy atom. The zero-order chi connectivity index (χ0) is 17.5. The van der Waals surface area contributed by atoms with Gasteiger partial charge in [0.2, 0.25) is 11.8 Å². The average Bonchev–Trinajstić information content (AvgIpc) is 2.48. The predicted molar refractivity (Wildman–Crippen MR) is 81.3 cm³/mol.